The zero-order valence-electron chi connectivity index (χ0n) is 18.7. The zero-order valence-corrected chi connectivity index (χ0v) is 18.7. The normalized spacial score (nSPS) is 16.6. The number of likely N-dealkylation sites (tertiary alicyclic amines) is 1. The Morgan fingerprint density at radius 2 is 1.75 bits per heavy atom. The molecule has 1 heterocycles. The minimum Gasteiger partial charge on any atom is -0.486 e. The fraction of sp³-hybridized carbons (Fsp3) is 0.346. The minimum absolute atomic E-state index is 0.0160. The van der Waals surface area contributed by atoms with E-state index in [-0.39, 0.29) is 23.6 Å². The summed E-state index contributed by atoms with van der Waals surface area (Å²) in [7, 11) is 0. The van der Waals surface area contributed by atoms with Crippen LogP contribution in [0.1, 0.15) is 63.9 Å². The number of hydrogen-bond donors (Lipinski definition) is 2. The van der Waals surface area contributed by atoms with Crippen LogP contribution in [0, 0.1) is 30.6 Å². The van der Waals surface area contributed by atoms with Gasteiger partial charge in [-0.1, -0.05) is 18.2 Å². The van der Waals surface area contributed by atoms with Crippen molar-refractivity contribution in [2.24, 2.45) is 5.73 Å². The fourth-order valence-electron chi connectivity index (χ4n) is 4.06. The predicted molar refractivity (Wildman–Crippen MR) is 124 cm³/mol. The van der Waals surface area contributed by atoms with Crippen molar-refractivity contribution < 1.29 is 9.53 Å². The number of amides is 1. The number of nitrogens with one attached hydrogen (secondary N) is 1. The molecule has 1 saturated carbocycles. The van der Waals surface area contributed by atoms with E-state index in [1.807, 2.05) is 55.1 Å². The molecule has 1 saturated heterocycles. The number of nitrogens with zero attached hydrogens (tertiary/aromatic N) is 2. The molecule has 2 aromatic rings. The van der Waals surface area contributed by atoms with Crippen molar-refractivity contribution >= 4 is 17.3 Å². The van der Waals surface area contributed by atoms with Gasteiger partial charge in [0.2, 0.25) is 0 Å². The van der Waals surface area contributed by atoms with Crippen molar-refractivity contribution in [3.63, 3.8) is 0 Å². The number of carbonyl (C=O) groups is 1. The number of aryl methyl sites for hydroxylation is 2. The number of ether oxygens (including phenoxy) is 1. The smallest absolute Gasteiger partial charge is 0.254 e. The van der Waals surface area contributed by atoms with Crippen LogP contribution in [0.15, 0.2) is 42.2 Å². The molecule has 0 atom stereocenters. The number of nitriles is 1. The van der Waals surface area contributed by atoms with Crippen LogP contribution in [0.3, 0.4) is 0 Å². The van der Waals surface area contributed by atoms with Gasteiger partial charge in [0.1, 0.15) is 0 Å². The van der Waals surface area contributed by atoms with Crippen LogP contribution in [0.5, 0.6) is 0 Å². The maximum Gasteiger partial charge on any atom is 0.254 e. The molecule has 3 N–H and O–H groups in total. The molecule has 1 aliphatic heterocycles. The van der Waals surface area contributed by atoms with Crippen LogP contribution in [0.25, 0.3) is 5.70 Å². The molecule has 32 heavy (non-hydrogen) atoms. The van der Waals surface area contributed by atoms with Gasteiger partial charge < -0.3 is 20.8 Å². The number of benzene rings is 2. The highest BCUT2D eigenvalue weighted by molar-refractivity contribution is 6.02. The van der Waals surface area contributed by atoms with Crippen LogP contribution in [-0.4, -0.2) is 35.7 Å². The van der Waals surface area contributed by atoms with Crippen molar-refractivity contribution in [2.75, 3.05) is 13.1 Å². The lowest BCUT2D eigenvalue weighted by Crippen LogP contribution is -2.48. The lowest BCUT2D eigenvalue weighted by Gasteiger charge is -2.40. The summed E-state index contributed by atoms with van der Waals surface area (Å²) in [5, 5.41) is 17.0. The van der Waals surface area contributed by atoms with E-state index < -0.39 is 0 Å². The Morgan fingerprint density at radius 3 is 2.31 bits per heavy atom. The second-order valence-electron chi connectivity index (χ2n) is 8.81. The van der Waals surface area contributed by atoms with Crippen molar-refractivity contribution in [2.45, 2.75) is 45.6 Å². The van der Waals surface area contributed by atoms with Crippen molar-refractivity contribution in [3.05, 3.63) is 75.5 Å². The second-order valence-corrected chi connectivity index (χ2v) is 8.81. The third kappa shape index (κ3) is 4.24. The van der Waals surface area contributed by atoms with E-state index in [0.29, 0.717) is 35.7 Å². The topological polar surface area (TPSA) is 103 Å². The van der Waals surface area contributed by atoms with E-state index in [1.54, 1.807) is 6.92 Å². The summed E-state index contributed by atoms with van der Waals surface area (Å²) in [6.45, 7) is 6.86. The lowest BCUT2D eigenvalue weighted by molar-refractivity contribution is 0.0601. The highest BCUT2D eigenvalue weighted by atomic mass is 16.5. The molecule has 4 rings (SSSR count). The molecule has 164 valence electrons. The molecule has 1 amide bonds. The average molecular weight is 429 g/mol. The Labute approximate surface area is 188 Å². The Balaban J connectivity index is 1.55. The first kappa shape index (κ1) is 21.6. The highest BCUT2D eigenvalue weighted by Crippen LogP contribution is 2.32. The quantitative estimate of drug-likeness (QED) is 0.530. The summed E-state index contributed by atoms with van der Waals surface area (Å²) in [4.78, 5) is 15.1. The number of allylic oxidation sites excluding steroid dienone is 1. The molecule has 0 aromatic heterocycles. The fourth-order valence-corrected chi connectivity index (χ4v) is 4.06. The molecular formula is C26H28N4O2. The molecule has 2 fully saturated rings. The summed E-state index contributed by atoms with van der Waals surface area (Å²) in [5.41, 5.74) is 12.2. The maximum atomic E-state index is 13.3. The Bertz CT molecular complexity index is 1150. The Kier molecular flexibility index (Phi) is 5.75. The number of rotatable bonds is 6. The molecule has 6 nitrogen and oxygen atoms in total. The van der Waals surface area contributed by atoms with Crippen LogP contribution in [0.2, 0.25) is 0 Å². The number of nitrogens with two attached hydrogens (primary N) is 1. The largest absolute Gasteiger partial charge is 0.486 e. The third-order valence-corrected chi connectivity index (χ3v) is 6.17. The van der Waals surface area contributed by atoms with E-state index in [4.69, 9.17) is 21.1 Å². The van der Waals surface area contributed by atoms with Crippen molar-refractivity contribution in [1.29, 1.82) is 10.7 Å². The van der Waals surface area contributed by atoms with Crippen molar-refractivity contribution in [1.82, 2.24) is 4.90 Å². The zero-order chi connectivity index (χ0) is 23.0. The van der Waals surface area contributed by atoms with Gasteiger partial charge in [-0.05, 0) is 68.5 Å². The molecule has 0 bridgehead atoms. The Morgan fingerprint density at radius 1 is 1.12 bits per heavy atom. The molecule has 0 radical (unpaired) electrons. The first-order valence-corrected chi connectivity index (χ1v) is 10.9. The molecule has 2 aliphatic rings. The van der Waals surface area contributed by atoms with E-state index in [0.717, 1.165) is 35.1 Å². The number of carbonyl (C=O) groups excluding carboxylic acids is 1. The van der Waals surface area contributed by atoms with E-state index in [9.17, 15) is 4.79 Å². The highest BCUT2D eigenvalue weighted by Gasteiger charge is 2.33. The van der Waals surface area contributed by atoms with Gasteiger partial charge >= 0.3 is 0 Å². The standard InChI is InChI=1S/C26H28N4O2/c1-15-10-16(2)23(11-22(15)24(29)25(17(3)28)32-21-8-9-21)26(31)30-13-20(14-30)19-6-4-18(12-27)5-7-19/h4-7,10-11,20-21,28H,8-9,13-14,29H2,1-3H3/b25-24+,28-17?. The van der Waals surface area contributed by atoms with Gasteiger partial charge in [0.05, 0.1) is 29.1 Å². The van der Waals surface area contributed by atoms with Gasteiger partial charge in [0.25, 0.3) is 5.91 Å². The molecule has 0 spiro atoms. The maximum absolute atomic E-state index is 13.3. The van der Waals surface area contributed by atoms with E-state index >= 15 is 0 Å². The molecule has 1 aliphatic carbocycles. The van der Waals surface area contributed by atoms with E-state index in [1.165, 1.54) is 0 Å². The molecular weight excluding hydrogens is 400 g/mol. The Hall–Kier alpha value is -3.59. The van der Waals surface area contributed by atoms with Gasteiger partial charge in [-0.3, -0.25) is 4.79 Å². The predicted octanol–water partition coefficient (Wildman–Crippen LogP) is 4.26. The van der Waals surface area contributed by atoms with Gasteiger partial charge in [-0.15, -0.1) is 0 Å². The third-order valence-electron chi connectivity index (χ3n) is 6.17. The lowest BCUT2D eigenvalue weighted by atomic mass is 9.89. The van der Waals surface area contributed by atoms with Crippen LogP contribution < -0.4 is 5.73 Å². The van der Waals surface area contributed by atoms with Crippen molar-refractivity contribution in [3.8, 4) is 6.07 Å². The monoisotopic (exact) mass is 428 g/mol. The van der Waals surface area contributed by atoms with Gasteiger partial charge in [-0.2, -0.15) is 5.26 Å². The van der Waals surface area contributed by atoms with Gasteiger partial charge in [0, 0.05) is 30.1 Å². The summed E-state index contributed by atoms with van der Waals surface area (Å²) in [6.07, 6.45) is 2.10. The first-order valence-electron chi connectivity index (χ1n) is 10.9. The minimum atomic E-state index is -0.0160. The van der Waals surface area contributed by atoms with Gasteiger partial charge in [0.15, 0.2) is 5.76 Å². The average Bonchev–Trinajstić information content (AvgIpc) is 3.55. The van der Waals surface area contributed by atoms with E-state index in [2.05, 4.69) is 6.07 Å². The molecule has 0 unspecified atom stereocenters. The number of hydrogen-bond acceptors (Lipinski definition) is 5. The SMILES string of the molecule is CC(=N)/C(OC1CC1)=C(\N)c1cc(C(=O)N2CC(c3ccc(C#N)cc3)C2)c(C)cc1C. The van der Waals surface area contributed by atoms with Crippen LogP contribution >= 0.6 is 0 Å². The second kappa shape index (κ2) is 8.51. The summed E-state index contributed by atoms with van der Waals surface area (Å²) in [6, 6.07) is 13.5. The summed E-state index contributed by atoms with van der Waals surface area (Å²) in [5.74, 6) is 0.668. The summed E-state index contributed by atoms with van der Waals surface area (Å²) >= 11 is 0. The van der Waals surface area contributed by atoms with Gasteiger partial charge in [-0.25, -0.2) is 0 Å². The van der Waals surface area contributed by atoms with Crippen LogP contribution in [-0.2, 0) is 4.74 Å². The van der Waals surface area contributed by atoms with Crippen LogP contribution in [0.4, 0.5) is 0 Å². The first-order chi connectivity index (χ1) is 15.3. The molecule has 6 heteroatoms. The summed E-state index contributed by atoms with van der Waals surface area (Å²) < 4.78 is 5.90. The molecule has 2 aromatic carbocycles.